The minimum atomic E-state index is 0.113. The summed E-state index contributed by atoms with van der Waals surface area (Å²) in [7, 11) is 0. The van der Waals surface area contributed by atoms with Gasteiger partial charge < -0.3 is 10.2 Å². The van der Waals surface area contributed by atoms with Crippen LogP contribution in [0.1, 0.15) is 25.8 Å². The molecule has 1 amide bonds. The van der Waals surface area contributed by atoms with Crippen LogP contribution in [0.2, 0.25) is 0 Å². The smallest absolute Gasteiger partial charge is 0.230 e. The lowest BCUT2D eigenvalue weighted by atomic mass is 9.94. The summed E-state index contributed by atoms with van der Waals surface area (Å²) in [6.07, 6.45) is 2.71. The van der Waals surface area contributed by atoms with E-state index in [1.807, 2.05) is 24.3 Å². The number of hydrogen-bond acceptors (Lipinski definition) is 5. The Morgan fingerprint density at radius 3 is 3.04 bits per heavy atom. The van der Waals surface area contributed by atoms with E-state index in [-0.39, 0.29) is 11.9 Å². The summed E-state index contributed by atoms with van der Waals surface area (Å²) in [5, 5.41) is 13.5. The Morgan fingerprint density at radius 1 is 1.42 bits per heavy atom. The molecule has 0 saturated carbocycles. The normalized spacial score (nSPS) is 20.0. The lowest BCUT2D eigenvalue weighted by molar-refractivity contribution is -0.119. The van der Waals surface area contributed by atoms with Crippen LogP contribution in [0, 0.1) is 17.2 Å². The maximum atomic E-state index is 12.1. The molecular formula is C20H24N4OS. The summed E-state index contributed by atoms with van der Waals surface area (Å²) >= 11 is 1.64. The third-order valence-corrected chi connectivity index (χ3v) is 5.54. The molecule has 1 saturated heterocycles. The maximum Gasteiger partial charge on any atom is 0.230 e. The number of nitrogens with zero attached hydrogens (tertiary/aromatic N) is 3. The summed E-state index contributed by atoms with van der Waals surface area (Å²) < 4.78 is 0. The molecule has 1 aromatic carbocycles. The number of anilines is 1. The highest BCUT2D eigenvalue weighted by Gasteiger charge is 2.27. The van der Waals surface area contributed by atoms with E-state index in [1.165, 1.54) is 0 Å². The Morgan fingerprint density at radius 2 is 2.27 bits per heavy atom. The number of benzene rings is 1. The fraction of sp³-hybridized carbons (Fsp3) is 0.450. The van der Waals surface area contributed by atoms with Gasteiger partial charge in [-0.3, -0.25) is 9.78 Å². The molecule has 2 heterocycles. The van der Waals surface area contributed by atoms with E-state index >= 15 is 0 Å². The second kappa shape index (κ2) is 8.41. The lowest BCUT2D eigenvalue weighted by Crippen LogP contribution is -2.51. The number of nitrogens with one attached hydrogen (secondary N) is 1. The van der Waals surface area contributed by atoms with E-state index in [4.69, 9.17) is 0 Å². The molecule has 1 N–H and O–H groups in total. The Balaban J connectivity index is 1.84. The van der Waals surface area contributed by atoms with E-state index in [0.717, 1.165) is 41.9 Å². The molecule has 0 radical (unpaired) electrons. The summed E-state index contributed by atoms with van der Waals surface area (Å²) in [6.45, 7) is 6.00. The number of aromatic nitrogens is 1. The van der Waals surface area contributed by atoms with Gasteiger partial charge in [0.2, 0.25) is 5.91 Å². The van der Waals surface area contributed by atoms with Crippen molar-refractivity contribution in [1.82, 2.24) is 10.3 Å². The van der Waals surface area contributed by atoms with Crippen molar-refractivity contribution in [2.45, 2.75) is 26.3 Å². The molecule has 0 unspecified atom stereocenters. The fourth-order valence-electron chi connectivity index (χ4n) is 3.64. The van der Waals surface area contributed by atoms with Gasteiger partial charge in [-0.15, -0.1) is 0 Å². The molecule has 3 rings (SSSR count). The van der Waals surface area contributed by atoms with E-state index < -0.39 is 0 Å². The number of rotatable bonds is 5. The van der Waals surface area contributed by atoms with Gasteiger partial charge in [-0.05, 0) is 42.4 Å². The highest BCUT2D eigenvalue weighted by Crippen LogP contribution is 2.31. The van der Waals surface area contributed by atoms with Gasteiger partial charge in [-0.25, -0.2) is 0 Å². The predicted molar refractivity (Wildman–Crippen MR) is 107 cm³/mol. The molecule has 136 valence electrons. The molecule has 2 aromatic rings. The maximum absolute atomic E-state index is 12.1. The number of nitriles is 1. The highest BCUT2D eigenvalue weighted by molar-refractivity contribution is 7.99. The average molecular weight is 369 g/mol. The zero-order chi connectivity index (χ0) is 18.5. The molecule has 2 atom stereocenters. The summed E-state index contributed by atoms with van der Waals surface area (Å²) in [4.78, 5) is 18.8. The molecule has 1 fully saturated rings. The van der Waals surface area contributed by atoms with Gasteiger partial charge in [0, 0.05) is 36.4 Å². The van der Waals surface area contributed by atoms with Gasteiger partial charge >= 0.3 is 0 Å². The molecule has 1 aromatic heterocycles. The second-order valence-corrected chi connectivity index (χ2v) is 8.07. The molecule has 26 heavy (non-hydrogen) atoms. The molecule has 0 aliphatic carbocycles. The number of hydrogen-bond donors (Lipinski definition) is 1. The Kier molecular flexibility index (Phi) is 6.00. The first-order valence-corrected chi connectivity index (χ1v) is 10.2. The molecule has 6 heteroatoms. The van der Waals surface area contributed by atoms with Crippen molar-refractivity contribution in [3.05, 3.63) is 36.0 Å². The lowest BCUT2D eigenvalue weighted by Gasteiger charge is -2.38. The average Bonchev–Trinajstić information content (AvgIpc) is 2.65. The fourth-order valence-corrected chi connectivity index (χ4v) is 4.11. The van der Waals surface area contributed by atoms with E-state index in [2.05, 4.69) is 35.1 Å². The van der Waals surface area contributed by atoms with Crippen molar-refractivity contribution in [3.63, 3.8) is 0 Å². The highest BCUT2D eigenvalue weighted by atomic mass is 32.2. The SMILES string of the molecule is CCSCC(=O)N[C@@H]1C[C@H](C)CN(c2ccc(C#N)c3ncccc23)C1. The number of carbonyl (C=O) groups is 1. The van der Waals surface area contributed by atoms with Crippen molar-refractivity contribution in [2.24, 2.45) is 5.92 Å². The number of pyridine rings is 1. The van der Waals surface area contributed by atoms with Crippen molar-refractivity contribution in [3.8, 4) is 6.07 Å². The van der Waals surface area contributed by atoms with Gasteiger partial charge in [0.25, 0.3) is 0 Å². The van der Waals surface area contributed by atoms with Gasteiger partial charge in [0.05, 0.1) is 16.8 Å². The van der Waals surface area contributed by atoms with Crippen LogP contribution in [0.4, 0.5) is 5.69 Å². The van der Waals surface area contributed by atoms with Crippen molar-refractivity contribution in [2.75, 3.05) is 29.5 Å². The van der Waals surface area contributed by atoms with Crippen molar-refractivity contribution >= 4 is 34.3 Å². The summed E-state index contributed by atoms with van der Waals surface area (Å²) in [5.41, 5.74) is 2.42. The van der Waals surface area contributed by atoms with Crippen LogP contribution in [-0.2, 0) is 4.79 Å². The van der Waals surface area contributed by atoms with Gasteiger partial charge in [-0.2, -0.15) is 17.0 Å². The molecule has 1 aliphatic heterocycles. The van der Waals surface area contributed by atoms with Gasteiger partial charge in [0.15, 0.2) is 0 Å². The minimum absolute atomic E-state index is 0.113. The number of thioether (sulfide) groups is 1. The first kappa shape index (κ1) is 18.5. The van der Waals surface area contributed by atoms with Crippen LogP contribution < -0.4 is 10.2 Å². The van der Waals surface area contributed by atoms with Crippen LogP contribution in [0.3, 0.4) is 0 Å². The first-order valence-electron chi connectivity index (χ1n) is 9.02. The summed E-state index contributed by atoms with van der Waals surface area (Å²) in [6, 6.07) is 10.1. The van der Waals surface area contributed by atoms with Crippen LogP contribution >= 0.6 is 11.8 Å². The standard InChI is InChI=1S/C20H24N4OS/c1-3-26-13-19(25)23-16-9-14(2)11-24(12-16)18-7-6-15(10-21)20-17(18)5-4-8-22-20/h4-8,14,16H,3,9,11-13H2,1-2H3,(H,23,25)/t14-,16+/m0/s1. The van der Waals surface area contributed by atoms with Crippen molar-refractivity contribution < 1.29 is 4.79 Å². The third-order valence-electron chi connectivity index (χ3n) is 4.67. The molecule has 0 spiro atoms. The zero-order valence-electron chi connectivity index (χ0n) is 15.2. The first-order chi connectivity index (χ1) is 12.6. The van der Waals surface area contributed by atoms with E-state index in [0.29, 0.717) is 17.2 Å². The number of piperidine rings is 1. The summed E-state index contributed by atoms with van der Waals surface area (Å²) in [5.74, 6) is 2.06. The van der Waals surface area contributed by atoms with E-state index in [1.54, 1.807) is 18.0 Å². The largest absolute Gasteiger partial charge is 0.369 e. The van der Waals surface area contributed by atoms with Gasteiger partial charge in [-0.1, -0.05) is 13.8 Å². The number of amides is 1. The molecule has 0 bridgehead atoms. The van der Waals surface area contributed by atoms with Crippen LogP contribution in [0.25, 0.3) is 10.9 Å². The number of carbonyl (C=O) groups excluding carboxylic acids is 1. The molecular weight excluding hydrogens is 344 g/mol. The van der Waals surface area contributed by atoms with Gasteiger partial charge in [0.1, 0.15) is 6.07 Å². The van der Waals surface area contributed by atoms with E-state index in [9.17, 15) is 10.1 Å². The van der Waals surface area contributed by atoms with Crippen molar-refractivity contribution in [1.29, 1.82) is 5.26 Å². The predicted octanol–water partition coefficient (Wildman–Crippen LogP) is 3.19. The Hall–Kier alpha value is -2.26. The third kappa shape index (κ3) is 4.10. The topological polar surface area (TPSA) is 69.0 Å². The Bertz CT molecular complexity index is 832. The second-order valence-electron chi connectivity index (χ2n) is 6.79. The van der Waals surface area contributed by atoms with Crippen LogP contribution in [0.15, 0.2) is 30.5 Å². The quantitative estimate of drug-likeness (QED) is 0.878. The minimum Gasteiger partial charge on any atom is -0.369 e. The van der Waals surface area contributed by atoms with Crippen LogP contribution in [-0.4, -0.2) is 41.5 Å². The molecule has 5 nitrogen and oxygen atoms in total. The van der Waals surface area contributed by atoms with Crippen LogP contribution in [0.5, 0.6) is 0 Å². The molecule has 1 aliphatic rings. The zero-order valence-corrected chi connectivity index (χ0v) is 16.1. The Labute approximate surface area is 158 Å². The monoisotopic (exact) mass is 368 g/mol. The number of fused-ring (bicyclic) bond motifs is 1.